The Kier molecular flexibility index (Phi) is 4.00. The predicted molar refractivity (Wildman–Crippen MR) is 104 cm³/mol. The molecule has 4 rings (SSSR count). The minimum atomic E-state index is -0.259. The molecule has 3 heterocycles. The molecule has 7 heteroatoms. The van der Waals surface area contributed by atoms with Crippen molar-refractivity contribution in [1.29, 1.82) is 0 Å². The number of pyridine rings is 1. The zero-order valence-electron chi connectivity index (χ0n) is 14.3. The van der Waals surface area contributed by atoms with Crippen molar-refractivity contribution < 1.29 is 4.79 Å². The Labute approximate surface area is 153 Å². The van der Waals surface area contributed by atoms with E-state index in [0.717, 1.165) is 27.0 Å². The number of thiophene rings is 1. The van der Waals surface area contributed by atoms with Crippen LogP contribution in [0.4, 0.5) is 5.69 Å². The second-order valence-electron chi connectivity index (χ2n) is 6.13. The summed E-state index contributed by atoms with van der Waals surface area (Å²) in [6.07, 6.45) is 3.11. The third-order valence-electron chi connectivity index (χ3n) is 4.28. The van der Waals surface area contributed by atoms with Crippen molar-refractivity contribution >= 4 is 43.4 Å². The predicted octanol–water partition coefficient (Wildman–Crippen LogP) is 3.26. The summed E-state index contributed by atoms with van der Waals surface area (Å²) in [5.41, 5.74) is 3.15. The molecule has 0 unspecified atom stereocenters. The van der Waals surface area contributed by atoms with Crippen LogP contribution in [0.25, 0.3) is 20.4 Å². The maximum absolute atomic E-state index is 12.7. The van der Waals surface area contributed by atoms with Crippen molar-refractivity contribution in [3.8, 4) is 0 Å². The van der Waals surface area contributed by atoms with E-state index in [-0.39, 0.29) is 18.0 Å². The highest BCUT2D eigenvalue weighted by Crippen LogP contribution is 2.28. The van der Waals surface area contributed by atoms with Gasteiger partial charge in [0.05, 0.1) is 11.8 Å². The van der Waals surface area contributed by atoms with E-state index in [1.165, 1.54) is 22.2 Å². The average molecular weight is 364 g/mol. The molecule has 130 valence electrons. The molecule has 26 heavy (non-hydrogen) atoms. The standard InChI is InChI=1S/C19H16N4O2S/c1-11-5-3-6-12(2)15(11)22-14(24)9-23-10-21-16-13-7-4-8-20-18(13)26-17(16)19(23)25/h3-8,10H,9H2,1-2H3,(H,22,24). The van der Waals surface area contributed by atoms with Gasteiger partial charge >= 0.3 is 0 Å². The molecule has 0 fully saturated rings. The quantitative estimate of drug-likeness (QED) is 0.605. The minimum Gasteiger partial charge on any atom is -0.324 e. The molecule has 3 aromatic heterocycles. The number of aromatic nitrogens is 3. The van der Waals surface area contributed by atoms with Crippen LogP contribution < -0.4 is 10.9 Å². The molecule has 0 radical (unpaired) electrons. The maximum atomic E-state index is 12.7. The minimum absolute atomic E-state index is 0.0861. The highest BCUT2D eigenvalue weighted by molar-refractivity contribution is 7.25. The van der Waals surface area contributed by atoms with E-state index in [9.17, 15) is 9.59 Å². The molecule has 0 aliphatic carbocycles. The number of hydrogen-bond donors (Lipinski definition) is 1. The monoisotopic (exact) mass is 364 g/mol. The topological polar surface area (TPSA) is 76.9 Å². The molecule has 1 N–H and O–H groups in total. The van der Waals surface area contributed by atoms with Crippen molar-refractivity contribution in [3.63, 3.8) is 0 Å². The van der Waals surface area contributed by atoms with Crippen LogP contribution >= 0.6 is 11.3 Å². The molecule has 6 nitrogen and oxygen atoms in total. The normalized spacial score (nSPS) is 11.2. The Hall–Kier alpha value is -3.06. The summed E-state index contributed by atoms with van der Waals surface area (Å²) in [6, 6.07) is 9.53. The SMILES string of the molecule is Cc1cccc(C)c1NC(=O)Cn1cnc2c(sc3ncccc32)c1=O. The lowest BCUT2D eigenvalue weighted by molar-refractivity contribution is -0.116. The summed E-state index contributed by atoms with van der Waals surface area (Å²) >= 11 is 1.30. The van der Waals surface area contributed by atoms with Crippen molar-refractivity contribution in [1.82, 2.24) is 14.5 Å². The molecular formula is C19H16N4O2S. The molecule has 0 atom stereocenters. The zero-order chi connectivity index (χ0) is 18.3. The molecule has 4 aromatic rings. The molecular weight excluding hydrogens is 348 g/mol. The van der Waals surface area contributed by atoms with E-state index in [0.29, 0.717) is 10.2 Å². The van der Waals surface area contributed by atoms with Gasteiger partial charge in [0.2, 0.25) is 5.91 Å². The largest absolute Gasteiger partial charge is 0.324 e. The van der Waals surface area contributed by atoms with Crippen LogP contribution in [-0.4, -0.2) is 20.4 Å². The van der Waals surface area contributed by atoms with Crippen molar-refractivity contribution in [3.05, 3.63) is 64.3 Å². The Bertz CT molecular complexity index is 1190. The first-order valence-corrected chi connectivity index (χ1v) is 8.95. The number of benzene rings is 1. The summed E-state index contributed by atoms with van der Waals surface area (Å²) in [5.74, 6) is -0.259. The molecule has 0 saturated heterocycles. The lowest BCUT2D eigenvalue weighted by atomic mass is 10.1. The first-order valence-electron chi connectivity index (χ1n) is 8.13. The number of fused-ring (bicyclic) bond motifs is 3. The Morgan fingerprint density at radius 1 is 1.15 bits per heavy atom. The summed E-state index contributed by atoms with van der Waals surface area (Å²) in [6.45, 7) is 3.79. The van der Waals surface area contributed by atoms with Crippen LogP contribution in [0.2, 0.25) is 0 Å². The second kappa shape index (κ2) is 6.34. The van der Waals surface area contributed by atoms with Crippen LogP contribution in [0.1, 0.15) is 11.1 Å². The lowest BCUT2D eigenvalue weighted by Crippen LogP contribution is -2.27. The molecule has 0 aliphatic heterocycles. The first kappa shape index (κ1) is 16.4. The number of rotatable bonds is 3. The number of carbonyl (C=O) groups is 1. The van der Waals surface area contributed by atoms with Gasteiger partial charge in [-0.2, -0.15) is 0 Å². The van der Waals surface area contributed by atoms with Gasteiger partial charge < -0.3 is 5.32 Å². The van der Waals surface area contributed by atoms with Gasteiger partial charge in [0.15, 0.2) is 0 Å². The summed E-state index contributed by atoms with van der Waals surface area (Å²) in [5, 5.41) is 3.75. The smallest absolute Gasteiger partial charge is 0.271 e. The van der Waals surface area contributed by atoms with E-state index in [1.807, 2.05) is 44.2 Å². The molecule has 0 aliphatic rings. The van der Waals surface area contributed by atoms with Gasteiger partial charge in [-0.3, -0.25) is 14.2 Å². The number of nitrogens with one attached hydrogen (secondary N) is 1. The van der Waals surface area contributed by atoms with Crippen molar-refractivity contribution in [2.75, 3.05) is 5.32 Å². The molecule has 0 saturated carbocycles. The number of anilines is 1. The maximum Gasteiger partial charge on any atom is 0.271 e. The van der Waals surface area contributed by atoms with Gasteiger partial charge in [-0.1, -0.05) is 18.2 Å². The van der Waals surface area contributed by atoms with Crippen LogP contribution in [0, 0.1) is 13.8 Å². The molecule has 1 aromatic carbocycles. The Morgan fingerprint density at radius 2 is 1.92 bits per heavy atom. The fourth-order valence-electron chi connectivity index (χ4n) is 2.96. The number of nitrogens with zero attached hydrogens (tertiary/aromatic N) is 3. The van der Waals surface area contributed by atoms with Crippen LogP contribution in [0.15, 0.2) is 47.7 Å². The third-order valence-corrected chi connectivity index (χ3v) is 5.37. The fourth-order valence-corrected chi connectivity index (χ4v) is 4.01. The van der Waals surface area contributed by atoms with Crippen molar-refractivity contribution in [2.45, 2.75) is 20.4 Å². The number of hydrogen-bond acceptors (Lipinski definition) is 5. The summed E-state index contributed by atoms with van der Waals surface area (Å²) in [4.78, 5) is 34.6. The summed E-state index contributed by atoms with van der Waals surface area (Å²) in [7, 11) is 0. The third kappa shape index (κ3) is 2.76. The van der Waals surface area contributed by atoms with Crippen LogP contribution in [-0.2, 0) is 11.3 Å². The average Bonchev–Trinajstić information content (AvgIpc) is 3.00. The van der Waals surface area contributed by atoms with Gasteiger partial charge in [0, 0.05) is 17.3 Å². The van der Waals surface area contributed by atoms with Crippen molar-refractivity contribution in [2.24, 2.45) is 0 Å². The molecule has 0 bridgehead atoms. The van der Waals surface area contributed by atoms with Gasteiger partial charge in [-0.05, 0) is 37.1 Å². The number of carbonyl (C=O) groups excluding carboxylic acids is 1. The lowest BCUT2D eigenvalue weighted by Gasteiger charge is -2.12. The first-order chi connectivity index (χ1) is 12.5. The fraction of sp³-hybridized carbons (Fsp3) is 0.158. The van der Waals surface area contributed by atoms with E-state index < -0.39 is 0 Å². The molecule has 1 amide bonds. The number of aryl methyl sites for hydroxylation is 2. The Morgan fingerprint density at radius 3 is 2.69 bits per heavy atom. The highest BCUT2D eigenvalue weighted by atomic mass is 32.1. The summed E-state index contributed by atoms with van der Waals surface area (Å²) < 4.78 is 1.85. The van der Waals surface area contributed by atoms with Gasteiger partial charge in [-0.15, -0.1) is 11.3 Å². The van der Waals surface area contributed by atoms with Crippen LogP contribution in [0.5, 0.6) is 0 Å². The van der Waals surface area contributed by atoms with Gasteiger partial charge in [0.25, 0.3) is 5.56 Å². The second-order valence-corrected chi connectivity index (χ2v) is 7.13. The van der Waals surface area contributed by atoms with E-state index >= 15 is 0 Å². The van der Waals surface area contributed by atoms with Gasteiger partial charge in [0.1, 0.15) is 16.1 Å². The molecule has 0 spiro atoms. The van der Waals surface area contributed by atoms with Crippen LogP contribution in [0.3, 0.4) is 0 Å². The van der Waals surface area contributed by atoms with E-state index in [4.69, 9.17) is 0 Å². The van der Waals surface area contributed by atoms with Gasteiger partial charge in [-0.25, -0.2) is 9.97 Å². The van der Waals surface area contributed by atoms with E-state index in [1.54, 1.807) is 6.20 Å². The highest BCUT2D eigenvalue weighted by Gasteiger charge is 2.14. The number of amides is 1. The number of para-hydroxylation sites is 1. The zero-order valence-corrected chi connectivity index (χ0v) is 15.1. The van der Waals surface area contributed by atoms with E-state index in [2.05, 4.69) is 15.3 Å². The Balaban J connectivity index is 1.67.